The summed E-state index contributed by atoms with van der Waals surface area (Å²) in [6.45, 7) is 5.10. The number of quaternary nitrogens is 1. The molecular formula is C22H24N3O+. The van der Waals surface area contributed by atoms with E-state index in [1.807, 2.05) is 24.3 Å². The highest BCUT2D eigenvalue weighted by molar-refractivity contribution is 6.02. The molecular weight excluding hydrogens is 322 g/mol. The average Bonchev–Trinajstić information content (AvgIpc) is 2.69. The van der Waals surface area contributed by atoms with Crippen molar-refractivity contribution >= 4 is 17.0 Å². The summed E-state index contributed by atoms with van der Waals surface area (Å²) in [7, 11) is 0. The van der Waals surface area contributed by atoms with Crippen LogP contribution in [0.5, 0.6) is 5.75 Å². The van der Waals surface area contributed by atoms with E-state index in [-0.39, 0.29) is 5.75 Å². The molecule has 0 saturated carbocycles. The molecule has 0 bridgehead atoms. The van der Waals surface area contributed by atoms with Crippen molar-refractivity contribution in [3.05, 3.63) is 77.9 Å². The molecule has 3 aromatic carbocycles. The van der Waals surface area contributed by atoms with Gasteiger partial charge in [-0.15, -0.1) is 0 Å². The van der Waals surface area contributed by atoms with Crippen LogP contribution in [-0.4, -0.2) is 42.5 Å². The molecule has 1 aliphatic heterocycles. The molecule has 26 heavy (non-hydrogen) atoms. The van der Waals surface area contributed by atoms with Crippen molar-refractivity contribution in [3.63, 3.8) is 0 Å². The predicted molar refractivity (Wildman–Crippen MR) is 106 cm³/mol. The highest BCUT2D eigenvalue weighted by atomic mass is 16.3. The van der Waals surface area contributed by atoms with Gasteiger partial charge >= 0.3 is 0 Å². The number of benzene rings is 3. The van der Waals surface area contributed by atoms with Crippen LogP contribution in [0.15, 0.2) is 71.8 Å². The Morgan fingerprint density at radius 3 is 2.46 bits per heavy atom. The lowest BCUT2D eigenvalue weighted by molar-refractivity contribution is -0.918. The molecule has 1 heterocycles. The van der Waals surface area contributed by atoms with E-state index in [1.54, 1.807) is 17.2 Å². The second-order valence-electron chi connectivity index (χ2n) is 6.83. The van der Waals surface area contributed by atoms with Gasteiger partial charge in [0.2, 0.25) is 0 Å². The quantitative estimate of drug-likeness (QED) is 0.712. The molecule has 132 valence electrons. The van der Waals surface area contributed by atoms with Crippen LogP contribution in [0.4, 0.5) is 0 Å². The summed E-state index contributed by atoms with van der Waals surface area (Å²) in [6.07, 6.45) is 1.81. The molecule has 1 aliphatic rings. The topological polar surface area (TPSA) is 40.3 Å². The highest BCUT2D eigenvalue weighted by Gasteiger charge is 2.18. The molecule has 3 aromatic rings. The molecule has 2 N–H and O–H groups in total. The van der Waals surface area contributed by atoms with Crippen LogP contribution in [0.25, 0.3) is 10.8 Å². The van der Waals surface area contributed by atoms with Crippen molar-refractivity contribution in [2.45, 2.75) is 6.54 Å². The maximum Gasteiger partial charge on any atom is 0.125 e. The van der Waals surface area contributed by atoms with Crippen molar-refractivity contribution in [1.29, 1.82) is 0 Å². The maximum absolute atomic E-state index is 10.2. The van der Waals surface area contributed by atoms with Crippen molar-refractivity contribution in [2.24, 2.45) is 5.10 Å². The Morgan fingerprint density at radius 2 is 1.65 bits per heavy atom. The minimum atomic E-state index is 0.279. The number of aromatic hydroxyl groups is 1. The molecule has 0 aromatic heterocycles. The maximum atomic E-state index is 10.2. The third kappa shape index (κ3) is 3.70. The molecule has 0 aliphatic carbocycles. The smallest absolute Gasteiger partial charge is 0.125 e. The lowest BCUT2D eigenvalue weighted by Gasteiger charge is -2.30. The number of fused-ring (bicyclic) bond motifs is 1. The van der Waals surface area contributed by atoms with Crippen molar-refractivity contribution in [1.82, 2.24) is 5.01 Å². The Hall–Kier alpha value is -2.85. The lowest BCUT2D eigenvalue weighted by Crippen LogP contribution is -3.13. The summed E-state index contributed by atoms with van der Waals surface area (Å²) in [5.41, 5.74) is 2.18. The molecule has 0 atom stereocenters. The van der Waals surface area contributed by atoms with Gasteiger partial charge in [-0.3, -0.25) is 5.01 Å². The number of phenols is 1. The van der Waals surface area contributed by atoms with E-state index in [1.165, 1.54) is 5.56 Å². The summed E-state index contributed by atoms with van der Waals surface area (Å²) < 4.78 is 0. The van der Waals surface area contributed by atoms with Crippen LogP contribution >= 0.6 is 0 Å². The van der Waals surface area contributed by atoms with Crippen LogP contribution < -0.4 is 4.90 Å². The van der Waals surface area contributed by atoms with E-state index in [2.05, 4.69) is 46.5 Å². The first kappa shape index (κ1) is 16.6. The van der Waals surface area contributed by atoms with Gasteiger partial charge in [0, 0.05) is 11.1 Å². The fourth-order valence-corrected chi connectivity index (χ4v) is 3.55. The van der Waals surface area contributed by atoms with Gasteiger partial charge in [-0.1, -0.05) is 60.7 Å². The fraction of sp³-hybridized carbons (Fsp3) is 0.227. The Bertz CT molecular complexity index is 900. The third-order valence-electron chi connectivity index (χ3n) is 5.04. The zero-order chi connectivity index (χ0) is 17.8. The van der Waals surface area contributed by atoms with Crippen LogP contribution in [0.1, 0.15) is 11.1 Å². The second-order valence-corrected chi connectivity index (χ2v) is 6.83. The number of hydrogen-bond acceptors (Lipinski definition) is 3. The van der Waals surface area contributed by atoms with E-state index in [0.29, 0.717) is 0 Å². The molecule has 0 unspecified atom stereocenters. The van der Waals surface area contributed by atoms with Gasteiger partial charge in [-0.2, -0.15) is 5.10 Å². The summed E-state index contributed by atoms with van der Waals surface area (Å²) in [5, 5.41) is 19.1. The van der Waals surface area contributed by atoms with Crippen LogP contribution in [0, 0.1) is 0 Å². The van der Waals surface area contributed by atoms with Gasteiger partial charge < -0.3 is 10.0 Å². The average molecular weight is 346 g/mol. The number of hydrazone groups is 1. The number of piperazine rings is 1. The van der Waals surface area contributed by atoms with Crippen molar-refractivity contribution in [3.8, 4) is 5.75 Å². The second kappa shape index (κ2) is 7.58. The van der Waals surface area contributed by atoms with Crippen LogP contribution in [0.3, 0.4) is 0 Å². The van der Waals surface area contributed by atoms with E-state index in [9.17, 15) is 5.11 Å². The number of phenolic OH excluding ortho intramolecular Hbond substituents is 1. The van der Waals surface area contributed by atoms with Crippen LogP contribution in [0.2, 0.25) is 0 Å². The molecule has 4 heteroatoms. The summed E-state index contributed by atoms with van der Waals surface area (Å²) in [5.74, 6) is 0.279. The Morgan fingerprint density at radius 1 is 0.923 bits per heavy atom. The van der Waals surface area contributed by atoms with E-state index in [0.717, 1.165) is 49.1 Å². The molecule has 4 rings (SSSR count). The zero-order valence-corrected chi connectivity index (χ0v) is 14.8. The monoisotopic (exact) mass is 346 g/mol. The van der Waals surface area contributed by atoms with E-state index < -0.39 is 0 Å². The Labute approximate surface area is 154 Å². The zero-order valence-electron chi connectivity index (χ0n) is 14.8. The first-order chi connectivity index (χ1) is 12.8. The summed E-state index contributed by atoms with van der Waals surface area (Å²) in [4.78, 5) is 1.59. The minimum absolute atomic E-state index is 0.279. The Kier molecular flexibility index (Phi) is 4.84. The normalized spacial score (nSPS) is 15.8. The summed E-state index contributed by atoms with van der Waals surface area (Å²) in [6, 6.07) is 22.4. The highest BCUT2D eigenvalue weighted by Crippen LogP contribution is 2.25. The van der Waals surface area contributed by atoms with Gasteiger partial charge in [0.25, 0.3) is 0 Å². The largest absolute Gasteiger partial charge is 0.507 e. The third-order valence-corrected chi connectivity index (χ3v) is 5.04. The van der Waals surface area contributed by atoms with Gasteiger partial charge in [0.15, 0.2) is 0 Å². The SMILES string of the molecule is Oc1ccc2ccccc2c1/C=N/N1CC[NH+](Cc2ccccc2)CC1. The van der Waals surface area contributed by atoms with Crippen molar-refractivity contribution < 1.29 is 10.0 Å². The van der Waals surface area contributed by atoms with Gasteiger partial charge in [0.1, 0.15) is 12.3 Å². The number of rotatable bonds is 4. The first-order valence-electron chi connectivity index (χ1n) is 9.17. The number of hydrogen-bond donors (Lipinski definition) is 2. The van der Waals surface area contributed by atoms with Gasteiger partial charge in [-0.05, 0) is 16.8 Å². The fourth-order valence-electron chi connectivity index (χ4n) is 3.55. The molecule has 1 saturated heterocycles. The molecule has 0 amide bonds. The van der Waals surface area contributed by atoms with E-state index >= 15 is 0 Å². The van der Waals surface area contributed by atoms with Crippen molar-refractivity contribution in [2.75, 3.05) is 26.2 Å². The van der Waals surface area contributed by atoms with E-state index in [4.69, 9.17) is 0 Å². The van der Waals surface area contributed by atoms with Gasteiger partial charge in [-0.25, -0.2) is 0 Å². The van der Waals surface area contributed by atoms with Crippen LogP contribution in [-0.2, 0) is 6.54 Å². The Balaban J connectivity index is 1.41. The molecule has 1 fully saturated rings. The molecule has 0 spiro atoms. The predicted octanol–water partition coefficient (Wildman–Crippen LogP) is 2.28. The summed E-state index contributed by atoms with van der Waals surface area (Å²) >= 11 is 0. The minimum Gasteiger partial charge on any atom is -0.507 e. The number of nitrogens with zero attached hydrogens (tertiary/aromatic N) is 2. The number of nitrogens with one attached hydrogen (secondary N) is 1. The molecule has 0 radical (unpaired) electrons. The lowest BCUT2D eigenvalue weighted by atomic mass is 10.0. The standard InChI is InChI=1S/C22H23N3O/c26-22-11-10-19-8-4-5-9-20(19)21(22)16-23-25-14-12-24(13-15-25)17-18-6-2-1-3-7-18/h1-11,16,26H,12-15,17H2/p+1/b23-16+. The first-order valence-corrected chi connectivity index (χ1v) is 9.17. The van der Waals surface area contributed by atoms with Gasteiger partial charge in [0.05, 0.1) is 32.4 Å². The molecule has 4 nitrogen and oxygen atoms in total.